The van der Waals surface area contributed by atoms with E-state index in [4.69, 9.17) is 14.3 Å². The molecule has 2 aromatic carbocycles. The molecule has 0 saturated carbocycles. The number of hydrogen-bond donors (Lipinski definition) is 1. The molecule has 0 heterocycles. The highest BCUT2D eigenvalue weighted by Crippen LogP contribution is 2.26. The van der Waals surface area contributed by atoms with Gasteiger partial charge < -0.3 is 10.1 Å². The van der Waals surface area contributed by atoms with Gasteiger partial charge in [0.15, 0.2) is 0 Å². The molecule has 0 unspecified atom stereocenters. The first kappa shape index (κ1) is 7.11. The molecule has 2 rings (SSSR count). The summed E-state index contributed by atoms with van der Waals surface area (Å²) >= 11 is 0. The summed E-state index contributed by atoms with van der Waals surface area (Å²) in [6.45, 7) is 2.21. The van der Waals surface area contributed by atoms with Crippen LogP contribution in [0, 0.1) is 6.92 Å². The lowest BCUT2D eigenvalue weighted by atomic mass is 10.1. The first-order valence-corrected chi connectivity index (χ1v) is 6.15. The van der Waals surface area contributed by atoms with Crippen molar-refractivity contribution >= 4 is 0 Å². The quantitative estimate of drug-likeness (QED) is 0.856. The highest BCUT2D eigenvalue weighted by Gasteiger charge is 2.13. The largest absolute Gasteiger partial charge is 0.485 e. The van der Waals surface area contributed by atoms with Crippen molar-refractivity contribution in [3.8, 4) is 5.75 Å². The van der Waals surface area contributed by atoms with Crippen LogP contribution in [0.3, 0.4) is 0 Å². The zero-order valence-electron chi connectivity index (χ0n) is 18.1. The maximum Gasteiger partial charge on any atom is 0.125 e. The summed E-state index contributed by atoms with van der Waals surface area (Å²) in [5.74, 6) is 0.244. The van der Waals surface area contributed by atoms with Crippen molar-refractivity contribution < 1.29 is 14.3 Å². The average molecular weight is 262 g/mol. The molecular formula is C17H21NO. The molecule has 2 heteroatoms. The van der Waals surface area contributed by atoms with Crippen molar-refractivity contribution in [3.05, 3.63) is 65.6 Å². The summed E-state index contributed by atoms with van der Waals surface area (Å²) < 4.78 is 61.4. The number of benzene rings is 2. The van der Waals surface area contributed by atoms with Gasteiger partial charge in [-0.15, -0.1) is 0 Å². The second-order valence-electron chi connectivity index (χ2n) is 4.15. The van der Waals surface area contributed by atoms with E-state index in [1.807, 2.05) is 0 Å². The lowest BCUT2D eigenvalue weighted by Gasteiger charge is -2.20. The molecule has 0 aliphatic heterocycles. The molecule has 19 heavy (non-hydrogen) atoms. The number of aryl methyl sites for hydroxylation is 1. The number of nitrogens with one attached hydrogen (secondary N) is 1. The van der Waals surface area contributed by atoms with Gasteiger partial charge in [0.1, 0.15) is 11.9 Å². The molecule has 0 aromatic heterocycles. The predicted molar refractivity (Wildman–Crippen MR) is 79.5 cm³/mol. The molecule has 1 N–H and O–H groups in total. The fraction of sp³-hybridized carbons (Fsp3) is 0.294. The van der Waals surface area contributed by atoms with Gasteiger partial charge in [0, 0.05) is 6.42 Å². The molecule has 0 fully saturated rings. The lowest BCUT2D eigenvalue weighted by Crippen LogP contribution is -2.16. The van der Waals surface area contributed by atoms with E-state index in [1.165, 1.54) is 6.07 Å². The van der Waals surface area contributed by atoms with Crippen LogP contribution in [0.2, 0.25) is 0 Å². The van der Waals surface area contributed by atoms with Crippen LogP contribution < -0.4 is 10.1 Å². The van der Waals surface area contributed by atoms with Gasteiger partial charge in [0.25, 0.3) is 0 Å². The van der Waals surface area contributed by atoms with Crippen molar-refractivity contribution in [1.29, 1.82) is 0 Å². The van der Waals surface area contributed by atoms with E-state index in [1.54, 1.807) is 20.0 Å². The van der Waals surface area contributed by atoms with Gasteiger partial charge in [0.2, 0.25) is 0 Å². The predicted octanol–water partition coefficient (Wildman–Crippen LogP) is 3.72. The Hall–Kier alpha value is -1.80. The maximum atomic E-state index is 8.16. The molecule has 0 saturated heterocycles. The molecule has 0 bridgehead atoms. The minimum atomic E-state index is -0.823. The van der Waals surface area contributed by atoms with Crippen LogP contribution in [0.5, 0.6) is 5.75 Å². The minimum Gasteiger partial charge on any atom is -0.485 e. The molecule has 2 aromatic rings. The molecule has 0 spiro atoms. The van der Waals surface area contributed by atoms with E-state index in [-0.39, 0.29) is 35.5 Å². The second kappa shape index (κ2) is 6.95. The fourth-order valence-electron chi connectivity index (χ4n) is 1.68. The van der Waals surface area contributed by atoms with Crippen molar-refractivity contribution in [2.75, 3.05) is 13.6 Å². The molecule has 0 radical (unpaired) electrons. The third kappa shape index (κ3) is 3.83. The Balaban J connectivity index is 2.57. The first-order chi connectivity index (χ1) is 12.2. The van der Waals surface area contributed by atoms with Crippen LogP contribution in [0.25, 0.3) is 0 Å². The first-order valence-electron chi connectivity index (χ1n) is 9.65. The summed E-state index contributed by atoms with van der Waals surface area (Å²) in [6.07, 6.45) is -0.470. The van der Waals surface area contributed by atoms with Gasteiger partial charge in [-0.25, -0.2) is 0 Å². The van der Waals surface area contributed by atoms with E-state index in [9.17, 15) is 0 Å². The standard InChI is InChI=1S/C17H21NO/c1-14-8-6-7-11-16(14)19-17(12-13-18-2)15-9-4-3-5-10-15/h3-11,17-18H,12-13H2,1-2H3/t17-/m1/s1/i3D,4D,5D,6D,9D,10D,11D. The van der Waals surface area contributed by atoms with Gasteiger partial charge in [-0.05, 0) is 37.7 Å². The molecular weight excluding hydrogens is 234 g/mol. The van der Waals surface area contributed by atoms with Crippen LogP contribution in [-0.2, 0) is 0 Å². The third-order valence-corrected chi connectivity index (χ3v) is 2.70. The Kier molecular flexibility index (Phi) is 2.60. The zero-order chi connectivity index (χ0) is 19.6. The van der Waals surface area contributed by atoms with Gasteiger partial charge in [-0.3, -0.25) is 0 Å². The Morgan fingerprint density at radius 3 is 2.68 bits per heavy atom. The zero-order valence-corrected chi connectivity index (χ0v) is 11.1. The SMILES string of the molecule is [2H]c1cc([2H])c(O[C@H](CCNC)c2c([2H])c([2H])c([2H])c([2H])c2[2H])c(C)c1. The van der Waals surface area contributed by atoms with Crippen LogP contribution >= 0.6 is 0 Å². The molecule has 0 aliphatic carbocycles. The molecule has 1 atom stereocenters. The van der Waals surface area contributed by atoms with Gasteiger partial charge >= 0.3 is 0 Å². The normalized spacial score (nSPS) is 17.3. The summed E-state index contributed by atoms with van der Waals surface area (Å²) in [4.78, 5) is 0. The van der Waals surface area contributed by atoms with Crippen molar-refractivity contribution in [2.45, 2.75) is 19.4 Å². The van der Waals surface area contributed by atoms with Crippen LogP contribution in [0.15, 0.2) is 54.4 Å². The molecule has 0 amide bonds. The van der Waals surface area contributed by atoms with Crippen molar-refractivity contribution in [2.24, 2.45) is 0 Å². The fourth-order valence-corrected chi connectivity index (χ4v) is 1.68. The monoisotopic (exact) mass is 262 g/mol. The number of hydrogen-bond acceptors (Lipinski definition) is 2. The van der Waals surface area contributed by atoms with E-state index in [2.05, 4.69) is 5.32 Å². The molecule has 100 valence electrons. The topological polar surface area (TPSA) is 21.3 Å². The van der Waals surface area contributed by atoms with Crippen molar-refractivity contribution in [3.63, 3.8) is 0 Å². The van der Waals surface area contributed by atoms with Gasteiger partial charge in [-0.1, -0.05) is 48.4 Å². The number of para-hydroxylation sites is 1. The van der Waals surface area contributed by atoms with Gasteiger partial charge in [0.05, 0.1) is 9.60 Å². The van der Waals surface area contributed by atoms with Crippen molar-refractivity contribution in [1.82, 2.24) is 5.32 Å². The Labute approximate surface area is 125 Å². The van der Waals surface area contributed by atoms with E-state index in [0.29, 0.717) is 18.5 Å². The van der Waals surface area contributed by atoms with Gasteiger partial charge in [-0.2, -0.15) is 0 Å². The summed E-state index contributed by atoms with van der Waals surface area (Å²) in [5, 5.41) is 2.96. The third-order valence-electron chi connectivity index (χ3n) is 2.70. The maximum absolute atomic E-state index is 8.16. The summed E-state index contributed by atoms with van der Waals surface area (Å²) in [5.41, 5.74) is 0.657. The van der Waals surface area contributed by atoms with E-state index in [0.717, 1.165) is 0 Å². The van der Waals surface area contributed by atoms with E-state index >= 15 is 0 Å². The second-order valence-corrected chi connectivity index (χ2v) is 4.15. The Morgan fingerprint density at radius 2 is 2.00 bits per heavy atom. The molecule has 0 aliphatic rings. The average Bonchev–Trinajstić information content (AvgIpc) is 2.58. The summed E-state index contributed by atoms with van der Waals surface area (Å²) in [6, 6.07) is 1.23. The summed E-state index contributed by atoms with van der Waals surface area (Å²) in [7, 11) is 1.75. The van der Waals surface area contributed by atoms with Crippen LogP contribution in [-0.4, -0.2) is 13.6 Å². The minimum absolute atomic E-state index is 0.0248. The highest BCUT2D eigenvalue weighted by molar-refractivity contribution is 5.33. The highest BCUT2D eigenvalue weighted by atomic mass is 16.5. The van der Waals surface area contributed by atoms with E-state index < -0.39 is 24.2 Å². The Bertz CT molecular complexity index is 773. The Morgan fingerprint density at radius 1 is 1.21 bits per heavy atom. The smallest absolute Gasteiger partial charge is 0.125 e. The lowest BCUT2D eigenvalue weighted by molar-refractivity contribution is 0.193. The number of rotatable bonds is 6. The van der Waals surface area contributed by atoms with Crippen LogP contribution in [0.4, 0.5) is 0 Å². The number of ether oxygens (including phenoxy) is 1. The van der Waals surface area contributed by atoms with Crippen LogP contribution in [0.1, 0.15) is 33.2 Å². The molecule has 2 nitrogen and oxygen atoms in total.